The van der Waals surface area contributed by atoms with Crippen LogP contribution in [0.15, 0.2) is 36.3 Å². The summed E-state index contributed by atoms with van der Waals surface area (Å²) in [5, 5.41) is 5.35. The summed E-state index contributed by atoms with van der Waals surface area (Å²) in [5.41, 5.74) is 1.80. The van der Waals surface area contributed by atoms with Crippen molar-refractivity contribution in [2.24, 2.45) is 5.92 Å². The van der Waals surface area contributed by atoms with Gasteiger partial charge in [0.25, 0.3) is 0 Å². The number of amides is 2. The molecule has 0 saturated carbocycles. The molecule has 0 aliphatic rings. The van der Waals surface area contributed by atoms with Crippen molar-refractivity contribution in [3.05, 3.63) is 36.3 Å². The Bertz CT molecular complexity index is 371. The van der Waals surface area contributed by atoms with Crippen LogP contribution in [0.25, 0.3) is 0 Å². The molecule has 0 saturated heterocycles. The summed E-state index contributed by atoms with van der Waals surface area (Å²) in [6.45, 7) is 6.13. The maximum absolute atomic E-state index is 11.4. The predicted molar refractivity (Wildman–Crippen MR) is 65.0 cm³/mol. The first-order valence-corrected chi connectivity index (χ1v) is 5.24. The Labute approximate surface area is 95.8 Å². The molecule has 0 aromatic carbocycles. The van der Waals surface area contributed by atoms with Gasteiger partial charge in [0, 0.05) is 12.4 Å². The van der Waals surface area contributed by atoms with Crippen molar-refractivity contribution in [2.75, 3.05) is 5.32 Å². The molecule has 1 heterocycles. The molecule has 1 rings (SSSR count). The molecule has 1 aromatic rings. The van der Waals surface area contributed by atoms with E-state index in [0.717, 1.165) is 5.57 Å². The summed E-state index contributed by atoms with van der Waals surface area (Å²) < 4.78 is 0. The first kappa shape index (κ1) is 12.2. The van der Waals surface area contributed by atoms with Gasteiger partial charge in [0.2, 0.25) is 0 Å². The van der Waals surface area contributed by atoms with Crippen LogP contribution in [0.4, 0.5) is 10.5 Å². The van der Waals surface area contributed by atoms with E-state index < -0.39 is 0 Å². The number of allylic oxidation sites excluding steroid dienone is 1. The van der Waals surface area contributed by atoms with E-state index in [0.29, 0.717) is 11.6 Å². The van der Waals surface area contributed by atoms with Crippen molar-refractivity contribution in [1.29, 1.82) is 0 Å². The van der Waals surface area contributed by atoms with Crippen molar-refractivity contribution in [2.45, 2.75) is 20.8 Å². The number of urea groups is 1. The summed E-state index contributed by atoms with van der Waals surface area (Å²) in [4.78, 5) is 15.3. The van der Waals surface area contributed by atoms with Gasteiger partial charge in [-0.15, -0.1) is 0 Å². The molecule has 4 nitrogen and oxygen atoms in total. The van der Waals surface area contributed by atoms with Crippen LogP contribution < -0.4 is 10.6 Å². The van der Waals surface area contributed by atoms with Crippen LogP contribution in [-0.2, 0) is 0 Å². The van der Waals surface area contributed by atoms with E-state index in [4.69, 9.17) is 0 Å². The van der Waals surface area contributed by atoms with Crippen LogP contribution in [0.1, 0.15) is 20.8 Å². The van der Waals surface area contributed by atoms with Gasteiger partial charge in [0.15, 0.2) is 0 Å². The fourth-order valence-corrected chi connectivity index (χ4v) is 0.950. The topological polar surface area (TPSA) is 54.0 Å². The second-order valence-electron chi connectivity index (χ2n) is 3.88. The van der Waals surface area contributed by atoms with Crippen LogP contribution in [0.3, 0.4) is 0 Å². The molecule has 0 bridgehead atoms. The molecule has 0 radical (unpaired) electrons. The molecular weight excluding hydrogens is 202 g/mol. The van der Waals surface area contributed by atoms with E-state index in [2.05, 4.69) is 29.5 Å². The highest BCUT2D eigenvalue weighted by Crippen LogP contribution is 2.06. The third-order valence-electron chi connectivity index (χ3n) is 2.26. The summed E-state index contributed by atoms with van der Waals surface area (Å²) in [5.74, 6) is 0.429. The number of anilines is 1. The first-order chi connectivity index (χ1) is 7.59. The molecular formula is C12H17N3O. The molecule has 0 spiro atoms. The predicted octanol–water partition coefficient (Wildman–Crippen LogP) is 2.76. The molecule has 2 N–H and O–H groups in total. The lowest BCUT2D eigenvalue weighted by atomic mass is 10.1. The van der Waals surface area contributed by atoms with Crippen molar-refractivity contribution in [3.63, 3.8) is 0 Å². The molecule has 4 heteroatoms. The quantitative estimate of drug-likeness (QED) is 0.821. The van der Waals surface area contributed by atoms with E-state index in [1.54, 1.807) is 30.7 Å². The Morgan fingerprint density at radius 2 is 2.25 bits per heavy atom. The van der Waals surface area contributed by atoms with Gasteiger partial charge in [0.05, 0.1) is 11.9 Å². The Morgan fingerprint density at radius 1 is 1.50 bits per heavy atom. The van der Waals surface area contributed by atoms with E-state index >= 15 is 0 Å². The standard InChI is InChI=1S/C12H17N3O/c1-9(2)10(3)7-14-12(16)15-11-5-4-6-13-8-11/h4-9H,1-3H3,(H2,14,15,16)/b10-7+. The van der Waals surface area contributed by atoms with Crippen LogP contribution in [-0.4, -0.2) is 11.0 Å². The Balaban J connectivity index is 2.46. The van der Waals surface area contributed by atoms with Gasteiger partial charge in [-0.05, 0) is 25.0 Å². The zero-order chi connectivity index (χ0) is 12.0. The Kier molecular flexibility index (Phi) is 4.51. The minimum Gasteiger partial charge on any atom is -0.314 e. The average molecular weight is 219 g/mol. The first-order valence-electron chi connectivity index (χ1n) is 5.24. The van der Waals surface area contributed by atoms with Crippen LogP contribution in [0.2, 0.25) is 0 Å². The van der Waals surface area contributed by atoms with E-state index in [1.165, 1.54) is 0 Å². The minimum atomic E-state index is -0.256. The number of pyridine rings is 1. The molecule has 0 aliphatic heterocycles. The Morgan fingerprint density at radius 3 is 2.81 bits per heavy atom. The molecule has 0 atom stereocenters. The maximum atomic E-state index is 11.4. The largest absolute Gasteiger partial charge is 0.323 e. The number of hydrogen-bond acceptors (Lipinski definition) is 2. The highest BCUT2D eigenvalue weighted by Gasteiger charge is 2.00. The molecule has 0 aliphatic carbocycles. The third kappa shape index (κ3) is 4.13. The molecule has 0 unspecified atom stereocenters. The van der Waals surface area contributed by atoms with Gasteiger partial charge in [-0.3, -0.25) is 4.98 Å². The van der Waals surface area contributed by atoms with Gasteiger partial charge in [-0.1, -0.05) is 19.4 Å². The van der Waals surface area contributed by atoms with Gasteiger partial charge >= 0.3 is 6.03 Å². The SMILES string of the molecule is C/C(=C\NC(=O)Nc1cccnc1)C(C)C. The maximum Gasteiger partial charge on any atom is 0.323 e. The summed E-state index contributed by atoms with van der Waals surface area (Å²) in [7, 11) is 0. The fraction of sp³-hybridized carbons (Fsp3) is 0.333. The van der Waals surface area contributed by atoms with Gasteiger partial charge < -0.3 is 10.6 Å². The highest BCUT2D eigenvalue weighted by molar-refractivity contribution is 5.89. The summed E-state index contributed by atoms with van der Waals surface area (Å²) >= 11 is 0. The summed E-state index contributed by atoms with van der Waals surface area (Å²) in [6.07, 6.45) is 4.97. The lowest BCUT2D eigenvalue weighted by Gasteiger charge is -2.07. The number of carbonyl (C=O) groups is 1. The fourth-order valence-electron chi connectivity index (χ4n) is 0.950. The number of carbonyl (C=O) groups excluding carboxylic acids is 1. The smallest absolute Gasteiger partial charge is 0.314 e. The number of rotatable bonds is 3. The van der Waals surface area contributed by atoms with Gasteiger partial charge in [-0.2, -0.15) is 0 Å². The van der Waals surface area contributed by atoms with Crippen molar-refractivity contribution < 1.29 is 4.79 Å². The second kappa shape index (κ2) is 5.90. The third-order valence-corrected chi connectivity index (χ3v) is 2.26. The molecule has 1 aromatic heterocycles. The van der Waals surface area contributed by atoms with Crippen LogP contribution in [0, 0.1) is 5.92 Å². The molecule has 2 amide bonds. The van der Waals surface area contributed by atoms with Crippen molar-refractivity contribution >= 4 is 11.7 Å². The monoisotopic (exact) mass is 219 g/mol. The lowest BCUT2D eigenvalue weighted by Crippen LogP contribution is -2.24. The number of aromatic nitrogens is 1. The number of hydrogen-bond donors (Lipinski definition) is 2. The highest BCUT2D eigenvalue weighted by atomic mass is 16.2. The number of nitrogens with zero attached hydrogens (tertiary/aromatic N) is 1. The van der Waals surface area contributed by atoms with Gasteiger partial charge in [-0.25, -0.2) is 4.79 Å². The van der Waals surface area contributed by atoms with Crippen LogP contribution in [0.5, 0.6) is 0 Å². The molecule has 16 heavy (non-hydrogen) atoms. The minimum absolute atomic E-state index is 0.256. The molecule has 86 valence electrons. The van der Waals surface area contributed by atoms with E-state index in [1.807, 2.05) is 6.92 Å². The number of nitrogens with one attached hydrogen (secondary N) is 2. The average Bonchev–Trinajstić information content (AvgIpc) is 2.27. The van der Waals surface area contributed by atoms with Crippen molar-refractivity contribution in [3.8, 4) is 0 Å². The summed E-state index contributed by atoms with van der Waals surface area (Å²) in [6, 6.07) is 3.30. The van der Waals surface area contributed by atoms with E-state index in [9.17, 15) is 4.79 Å². The normalized spacial score (nSPS) is 11.4. The lowest BCUT2D eigenvalue weighted by molar-refractivity contribution is 0.255. The zero-order valence-electron chi connectivity index (χ0n) is 9.82. The molecule has 0 fully saturated rings. The van der Waals surface area contributed by atoms with Crippen molar-refractivity contribution in [1.82, 2.24) is 10.3 Å². The van der Waals surface area contributed by atoms with Crippen LogP contribution >= 0.6 is 0 Å². The zero-order valence-corrected chi connectivity index (χ0v) is 9.82. The van der Waals surface area contributed by atoms with E-state index in [-0.39, 0.29) is 6.03 Å². The second-order valence-corrected chi connectivity index (χ2v) is 3.88. The Hall–Kier alpha value is -1.84. The van der Waals surface area contributed by atoms with Gasteiger partial charge in [0.1, 0.15) is 0 Å².